The van der Waals surface area contributed by atoms with Crippen molar-refractivity contribution in [1.29, 1.82) is 0 Å². The van der Waals surface area contributed by atoms with Crippen LogP contribution in [0.5, 0.6) is 5.75 Å². The van der Waals surface area contributed by atoms with E-state index in [0.717, 1.165) is 11.3 Å². The molecule has 0 atom stereocenters. The van der Waals surface area contributed by atoms with Crippen molar-refractivity contribution in [2.45, 2.75) is 26.3 Å². The molecule has 0 bridgehead atoms. The summed E-state index contributed by atoms with van der Waals surface area (Å²) in [7, 11) is 3.40. The molecule has 0 unspecified atom stereocenters. The van der Waals surface area contributed by atoms with Crippen LogP contribution in [-0.4, -0.2) is 26.6 Å². The van der Waals surface area contributed by atoms with E-state index in [1.165, 1.54) is 5.56 Å². The maximum Gasteiger partial charge on any atom is 0.234 e. The minimum atomic E-state index is -0.0208. The Morgan fingerprint density at radius 2 is 2.11 bits per heavy atom. The van der Waals surface area contributed by atoms with Gasteiger partial charge in [0.1, 0.15) is 5.75 Å². The van der Waals surface area contributed by atoms with E-state index in [-0.39, 0.29) is 5.91 Å². The van der Waals surface area contributed by atoms with Gasteiger partial charge in [0.2, 0.25) is 5.91 Å². The highest BCUT2D eigenvalue weighted by Crippen LogP contribution is 2.24. The number of carbonyl (C=O) groups excluding carboxylic acids is 1. The maximum atomic E-state index is 11.4. The van der Waals surface area contributed by atoms with Crippen molar-refractivity contribution in [1.82, 2.24) is 10.6 Å². The summed E-state index contributed by atoms with van der Waals surface area (Å²) in [5, 5.41) is 5.65. The lowest BCUT2D eigenvalue weighted by Gasteiger charge is -2.13. The SMILES string of the molecule is CNCC(=O)NCc1ccc(C(C)C)cc1OC. The summed E-state index contributed by atoms with van der Waals surface area (Å²) in [6, 6.07) is 6.12. The van der Waals surface area contributed by atoms with E-state index in [1.807, 2.05) is 12.1 Å². The highest BCUT2D eigenvalue weighted by atomic mass is 16.5. The molecule has 1 rings (SSSR count). The zero-order chi connectivity index (χ0) is 13.5. The first-order chi connectivity index (χ1) is 8.58. The smallest absolute Gasteiger partial charge is 0.234 e. The number of hydrogen-bond donors (Lipinski definition) is 2. The molecule has 4 heteroatoms. The number of ether oxygens (including phenoxy) is 1. The van der Waals surface area contributed by atoms with Crippen LogP contribution in [0.25, 0.3) is 0 Å². The molecule has 1 aromatic carbocycles. The number of nitrogens with one attached hydrogen (secondary N) is 2. The molecule has 1 amide bonds. The van der Waals surface area contributed by atoms with Gasteiger partial charge in [0.25, 0.3) is 0 Å². The molecule has 0 heterocycles. The Kier molecular flexibility index (Phi) is 5.65. The third kappa shape index (κ3) is 4.04. The van der Waals surface area contributed by atoms with E-state index in [2.05, 4.69) is 30.5 Å². The number of amides is 1. The van der Waals surface area contributed by atoms with Crippen molar-refractivity contribution in [3.8, 4) is 5.75 Å². The molecule has 2 N–H and O–H groups in total. The first-order valence-corrected chi connectivity index (χ1v) is 6.16. The van der Waals surface area contributed by atoms with E-state index in [4.69, 9.17) is 4.74 Å². The van der Waals surface area contributed by atoms with Crippen LogP contribution in [0.15, 0.2) is 18.2 Å². The molecule has 1 aromatic rings. The third-order valence-corrected chi connectivity index (χ3v) is 2.79. The summed E-state index contributed by atoms with van der Waals surface area (Å²) >= 11 is 0. The number of carbonyl (C=O) groups is 1. The van der Waals surface area contributed by atoms with Crippen LogP contribution in [0.3, 0.4) is 0 Å². The molecule has 0 radical (unpaired) electrons. The average Bonchev–Trinajstić information content (AvgIpc) is 2.36. The van der Waals surface area contributed by atoms with Crippen molar-refractivity contribution < 1.29 is 9.53 Å². The quantitative estimate of drug-likeness (QED) is 0.807. The fourth-order valence-corrected chi connectivity index (χ4v) is 1.68. The lowest BCUT2D eigenvalue weighted by molar-refractivity contribution is -0.120. The van der Waals surface area contributed by atoms with Gasteiger partial charge in [-0.05, 0) is 24.6 Å². The van der Waals surface area contributed by atoms with E-state index < -0.39 is 0 Å². The number of hydrogen-bond acceptors (Lipinski definition) is 3. The molecule has 100 valence electrons. The van der Waals surface area contributed by atoms with Gasteiger partial charge in [0, 0.05) is 12.1 Å². The Morgan fingerprint density at radius 1 is 1.39 bits per heavy atom. The lowest BCUT2D eigenvalue weighted by Crippen LogP contribution is -2.31. The Morgan fingerprint density at radius 3 is 2.67 bits per heavy atom. The molecule has 0 aliphatic heterocycles. The first-order valence-electron chi connectivity index (χ1n) is 6.16. The van der Waals surface area contributed by atoms with E-state index in [1.54, 1.807) is 14.2 Å². The highest BCUT2D eigenvalue weighted by molar-refractivity contribution is 5.78. The molecule has 0 aliphatic carbocycles. The molecule has 0 fully saturated rings. The summed E-state index contributed by atoms with van der Waals surface area (Å²) in [6.45, 7) is 5.10. The largest absolute Gasteiger partial charge is 0.496 e. The van der Waals surface area contributed by atoms with Gasteiger partial charge in [-0.25, -0.2) is 0 Å². The third-order valence-electron chi connectivity index (χ3n) is 2.79. The second-order valence-electron chi connectivity index (χ2n) is 4.53. The highest BCUT2D eigenvalue weighted by Gasteiger charge is 2.08. The maximum absolute atomic E-state index is 11.4. The Bertz CT molecular complexity index is 403. The van der Waals surface area contributed by atoms with Crippen molar-refractivity contribution in [3.05, 3.63) is 29.3 Å². The fourth-order valence-electron chi connectivity index (χ4n) is 1.68. The van der Waals surface area contributed by atoms with Crippen LogP contribution in [0, 0.1) is 0 Å². The summed E-state index contributed by atoms with van der Waals surface area (Å²) in [4.78, 5) is 11.4. The second-order valence-corrected chi connectivity index (χ2v) is 4.53. The fraction of sp³-hybridized carbons (Fsp3) is 0.500. The van der Waals surface area contributed by atoms with Gasteiger partial charge in [-0.2, -0.15) is 0 Å². The van der Waals surface area contributed by atoms with Crippen LogP contribution in [0.2, 0.25) is 0 Å². The Hall–Kier alpha value is -1.55. The summed E-state index contributed by atoms with van der Waals surface area (Å²) in [5.74, 6) is 1.27. The van der Waals surface area contributed by atoms with Crippen molar-refractivity contribution in [3.63, 3.8) is 0 Å². The summed E-state index contributed by atoms with van der Waals surface area (Å²) in [5.41, 5.74) is 2.23. The van der Waals surface area contributed by atoms with Crippen molar-refractivity contribution >= 4 is 5.91 Å². The summed E-state index contributed by atoms with van der Waals surface area (Å²) in [6.07, 6.45) is 0. The van der Waals surface area contributed by atoms with Gasteiger partial charge in [-0.1, -0.05) is 26.0 Å². The number of rotatable bonds is 6. The molecule has 18 heavy (non-hydrogen) atoms. The molecule has 0 saturated carbocycles. The van der Waals surface area contributed by atoms with Gasteiger partial charge in [0.05, 0.1) is 13.7 Å². The van der Waals surface area contributed by atoms with Gasteiger partial charge < -0.3 is 15.4 Å². The van der Waals surface area contributed by atoms with E-state index in [0.29, 0.717) is 19.0 Å². The number of methoxy groups -OCH3 is 1. The van der Waals surface area contributed by atoms with Crippen molar-refractivity contribution in [2.75, 3.05) is 20.7 Å². The second kappa shape index (κ2) is 7.01. The molecule has 0 spiro atoms. The molecular weight excluding hydrogens is 228 g/mol. The van der Waals surface area contributed by atoms with Gasteiger partial charge in [-0.3, -0.25) is 4.79 Å². The van der Waals surface area contributed by atoms with Crippen LogP contribution in [0.4, 0.5) is 0 Å². The van der Waals surface area contributed by atoms with Gasteiger partial charge >= 0.3 is 0 Å². The first kappa shape index (κ1) is 14.5. The van der Waals surface area contributed by atoms with E-state index in [9.17, 15) is 4.79 Å². The molecular formula is C14H22N2O2. The van der Waals surface area contributed by atoms with E-state index >= 15 is 0 Å². The predicted molar refractivity (Wildman–Crippen MR) is 72.9 cm³/mol. The molecule has 4 nitrogen and oxygen atoms in total. The lowest BCUT2D eigenvalue weighted by atomic mass is 10.0. The monoisotopic (exact) mass is 250 g/mol. The van der Waals surface area contributed by atoms with Crippen molar-refractivity contribution in [2.24, 2.45) is 0 Å². The topological polar surface area (TPSA) is 50.4 Å². The van der Waals surface area contributed by atoms with Gasteiger partial charge in [-0.15, -0.1) is 0 Å². The number of likely N-dealkylation sites (N-methyl/N-ethyl adjacent to an activating group) is 1. The molecule has 0 aliphatic rings. The Balaban J connectivity index is 2.73. The summed E-state index contributed by atoms with van der Waals surface area (Å²) < 4.78 is 5.36. The Labute approximate surface area is 109 Å². The van der Waals surface area contributed by atoms with Crippen LogP contribution in [-0.2, 0) is 11.3 Å². The van der Waals surface area contributed by atoms with Crippen LogP contribution in [0.1, 0.15) is 30.9 Å². The zero-order valence-corrected chi connectivity index (χ0v) is 11.5. The standard InChI is InChI=1S/C14H22N2O2/c1-10(2)11-5-6-12(13(7-11)18-4)8-16-14(17)9-15-3/h5-7,10,15H,8-9H2,1-4H3,(H,16,17). The minimum absolute atomic E-state index is 0.0208. The van der Waals surface area contributed by atoms with Crippen LogP contribution < -0.4 is 15.4 Å². The normalized spacial score (nSPS) is 10.5. The molecule has 0 aromatic heterocycles. The van der Waals surface area contributed by atoms with Gasteiger partial charge in [0.15, 0.2) is 0 Å². The molecule has 0 saturated heterocycles. The minimum Gasteiger partial charge on any atom is -0.496 e. The average molecular weight is 250 g/mol. The van der Waals surface area contributed by atoms with Crippen LogP contribution >= 0.6 is 0 Å². The number of benzene rings is 1. The predicted octanol–water partition coefficient (Wildman–Crippen LogP) is 1.65. The zero-order valence-electron chi connectivity index (χ0n) is 11.5.